The van der Waals surface area contributed by atoms with Crippen molar-refractivity contribution in [3.05, 3.63) is 109 Å². The summed E-state index contributed by atoms with van der Waals surface area (Å²) in [4.78, 5) is 21.3. The number of amides is 1. The Balaban J connectivity index is 1.85. The van der Waals surface area contributed by atoms with Gasteiger partial charge in [-0.25, -0.2) is 4.79 Å². The number of nitrogens with zero attached hydrogens (tertiary/aromatic N) is 5. The van der Waals surface area contributed by atoms with Gasteiger partial charge in [0.2, 0.25) is 0 Å². The normalized spacial score (nSPS) is 20.4. The summed E-state index contributed by atoms with van der Waals surface area (Å²) in [5.41, 5.74) is 11.8. The third-order valence-corrected chi connectivity index (χ3v) is 8.99. The van der Waals surface area contributed by atoms with Crippen LogP contribution < -0.4 is 14.5 Å². The minimum atomic E-state index is -0.857. The fourth-order valence-electron chi connectivity index (χ4n) is 6.49. The van der Waals surface area contributed by atoms with Crippen LogP contribution in [0.15, 0.2) is 76.8 Å². The van der Waals surface area contributed by atoms with Crippen molar-refractivity contribution in [3.63, 3.8) is 0 Å². The molecule has 3 aromatic rings. The van der Waals surface area contributed by atoms with E-state index in [0.29, 0.717) is 28.7 Å². The molecule has 0 fully saturated rings. The van der Waals surface area contributed by atoms with Gasteiger partial charge in [0, 0.05) is 38.8 Å². The molecule has 2 aliphatic heterocycles. The topological polar surface area (TPSA) is 90.8 Å². The molecule has 0 saturated carbocycles. The molecule has 0 unspecified atom stereocenters. The van der Waals surface area contributed by atoms with E-state index in [4.69, 9.17) is 32.7 Å². The Morgan fingerprint density at radius 2 is 1.91 bits per heavy atom. The molecule has 1 amide bonds. The molecule has 224 valence electrons. The van der Waals surface area contributed by atoms with Crippen LogP contribution in [0.4, 0.5) is 16.2 Å². The maximum absolute atomic E-state index is 14.4. The summed E-state index contributed by atoms with van der Waals surface area (Å²) in [5.74, 6) is 0.431. The molecule has 11 heteroatoms. The summed E-state index contributed by atoms with van der Waals surface area (Å²) in [6.07, 6.45) is 1.13. The van der Waals surface area contributed by atoms with Gasteiger partial charge in [-0.1, -0.05) is 68.5 Å². The number of carbonyl (C=O) groups excluding carboxylic acids is 1. The number of halogens is 3. The number of hydrogen-bond donors (Lipinski definition) is 0. The molecule has 0 saturated heterocycles. The van der Waals surface area contributed by atoms with Crippen molar-refractivity contribution in [2.24, 2.45) is 5.11 Å². The van der Waals surface area contributed by atoms with Crippen LogP contribution in [0, 0.1) is 0 Å². The zero-order valence-corrected chi connectivity index (χ0v) is 27.4. The van der Waals surface area contributed by atoms with Crippen LogP contribution in [0.2, 0.25) is 10.0 Å². The minimum absolute atomic E-state index is 0.172. The lowest BCUT2D eigenvalue weighted by Crippen LogP contribution is -2.63. The lowest BCUT2D eigenvalue weighted by atomic mass is 9.62. The molecule has 0 N–H and O–H groups in total. The first kappa shape index (κ1) is 31.1. The zero-order chi connectivity index (χ0) is 31.1. The summed E-state index contributed by atoms with van der Waals surface area (Å²) >= 11 is 17.3. The first-order chi connectivity index (χ1) is 20.4. The average molecular weight is 685 g/mol. The lowest BCUT2D eigenvalue weighted by molar-refractivity contribution is 0.0535. The van der Waals surface area contributed by atoms with Crippen molar-refractivity contribution < 1.29 is 14.3 Å². The van der Waals surface area contributed by atoms with Crippen molar-refractivity contribution in [2.45, 2.75) is 56.8 Å². The van der Waals surface area contributed by atoms with E-state index in [-0.39, 0.29) is 12.5 Å². The Morgan fingerprint density at radius 3 is 2.53 bits per heavy atom. The Labute approximate surface area is 269 Å². The van der Waals surface area contributed by atoms with Gasteiger partial charge >= 0.3 is 6.09 Å². The summed E-state index contributed by atoms with van der Waals surface area (Å²) in [5, 5.41) is 4.85. The molecule has 2 aliphatic rings. The first-order valence-electron chi connectivity index (χ1n) is 13.8. The summed E-state index contributed by atoms with van der Waals surface area (Å²) < 4.78 is 12.3. The molecule has 5 rings (SSSR count). The quantitative estimate of drug-likeness (QED) is 0.107. The van der Waals surface area contributed by atoms with Gasteiger partial charge in [0.1, 0.15) is 17.5 Å². The molecule has 2 heterocycles. The van der Waals surface area contributed by atoms with Gasteiger partial charge in [0.15, 0.2) is 0 Å². The molecule has 0 bridgehead atoms. The van der Waals surface area contributed by atoms with E-state index in [1.54, 1.807) is 18.1 Å². The smallest absolute Gasteiger partial charge is 0.416 e. The SMILES string of the molecule is C=C[C@H]1c2ccc(Br)cc2N(C(=O)OC(C)(C)C)[C@@H]2N(Cc3ccc(OC)cc3)c3c(Cl)cc(Cl)cc3[C@]12CCN=[N+]=[N-]. The Hall–Kier alpha value is -3.36. The Kier molecular flexibility index (Phi) is 8.65. The molecular weight excluding hydrogens is 653 g/mol. The molecule has 3 aromatic carbocycles. The molecule has 0 spiro atoms. The minimum Gasteiger partial charge on any atom is -0.497 e. The van der Waals surface area contributed by atoms with Crippen molar-refractivity contribution in [2.75, 3.05) is 23.5 Å². The van der Waals surface area contributed by atoms with E-state index in [9.17, 15) is 10.3 Å². The lowest BCUT2D eigenvalue weighted by Gasteiger charge is -2.53. The van der Waals surface area contributed by atoms with E-state index in [2.05, 4.69) is 37.4 Å². The largest absolute Gasteiger partial charge is 0.497 e. The molecule has 0 radical (unpaired) electrons. The highest BCUT2D eigenvalue weighted by Gasteiger charge is 2.62. The monoisotopic (exact) mass is 683 g/mol. The highest BCUT2D eigenvalue weighted by atomic mass is 79.9. The van der Waals surface area contributed by atoms with E-state index in [1.165, 1.54) is 0 Å². The second-order valence-corrected chi connectivity index (χ2v) is 13.4. The van der Waals surface area contributed by atoms with Gasteiger partial charge in [-0.15, -0.1) is 6.58 Å². The summed E-state index contributed by atoms with van der Waals surface area (Å²) in [7, 11) is 1.62. The van der Waals surface area contributed by atoms with Crippen LogP contribution >= 0.6 is 39.1 Å². The molecule has 43 heavy (non-hydrogen) atoms. The third kappa shape index (κ3) is 5.55. The number of ether oxygens (including phenoxy) is 2. The van der Waals surface area contributed by atoms with E-state index < -0.39 is 23.3 Å². The number of hydrogen-bond acceptors (Lipinski definition) is 5. The number of azide groups is 1. The van der Waals surface area contributed by atoms with Crippen molar-refractivity contribution in [1.82, 2.24) is 0 Å². The predicted octanol–water partition coefficient (Wildman–Crippen LogP) is 9.77. The third-order valence-electron chi connectivity index (χ3n) is 7.99. The number of fused-ring (bicyclic) bond motifs is 4. The van der Waals surface area contributed by atoms with Crippen LogP contribution in [0.1, 0.15) is 49.8 Å². The van der Waals surface area contributed by atoms with Crippen molar-refractivity contribution in [1.29, 1.82) is 0 Å². The number of anilines is 2. The maximum Gasteiger partial charge on any atom is 0.416 e. The van der Waals surface area contributed by atoms with Crippen LogP contribution in [-0.4, -0.2) is 31.5 Å². The Bertz CT molecular complexity index is 1620. The second-order valence-electron chi connectivity index (χ2n) is 11.6. The molecule has 0 aliphatic carbocycles. The van der Waals surface area contributed by atoms with Crippen LogP contribution in [-0.2, 0) is 16.7 Å². The van der Waals surface area contributed by atoms with Gasteiger partial charge in [-0.2, -0.15) is 0 Å². The predicted molar refractivity (Wildman–Crippen MR) is 176 cm³/mol. The van der Waals surface area contributed by atoms with Crippen molar-refractivity contribution >= 4 is 56.6 Å². The number of rotatable bonds is 7. The molecule has 0 aromatic heterocycles. The van der Waals surface area contributed by atoms with Gasteiger partial charge < -0.3 is 14.4 Å². The number of methoxy groups -OCH3 is 1. The fourth-order valence-corrected chi connectivity index (χ4v) is 7.44. The second kappa shape index (κ2) is 12.0. The summed E-state index contributed by atoms with van der Waals surface area (Å²) in [6.45, 7) is 10.4. The summed E-state index contributed by atoms with van der Waals surface area (Å²) in [6, 6.07) is 17.3. The van der Waals surface area contributed by atoms with Gasteiger partial charge in [0.25, 0.3) is 0 Å². The highest BCUT2D eigenvalue weighted by molar-refractivity contribution is 9.10. The van der Waals surface area contributed by atoms with Gasteiger partial charge in [0.05, 0.1) is 23.5 Å². The molecular formula is C32H32BrCl2N5O3. The molecule has 8 nitrogen and oxygen atoms in total. The van der Waals surface area contributed by atoms with E-state index >= 15 is 0 Å². The van der Waals surface area contributed by atoms with E-state index in [1.807, 2.05) is 75.4 Å². The van der Waals surface area contributed by atoms with Crippen LogP contribution in [0.25, 0.3) is 10.4 Å². The zero-order valence-electron chi connectivity index (χ0n) is 24.4. The maximum atomic E-state index is 14.4. The number of carbonyl (C=O) groups is 1. The van der Waals surface area contributed by atoms with Crippen LogP contribution in [0.5, 0.6) is 5.75 Å². The highest BCUT2D eigenvalue weighted by Crippen LogP contribution is 2.63. The first-order valence-corrected chi connectivity index (χ1v) is 15.3. The number of allylic oxidation sites excluding steroid dienone is 1. The van der Waals surface area contributed by atoms with Gasteiger partial charge in [-0.05, 0) is 85.8 Å². The van der Waals surface area contributed by atoms with Crippen LogP contribution in [0.3, 0.4) is 0 Å². The van der Waals surface area contributed by atoms with E-state index in [0.717, 1.165) is 32.6 Å². The number of benzene rings is 3. The van der Waals surface area contributed by atoms with Gasteiger partial charge in [-0.3, -0.25) is 4.90 Å². The fraction of sp³-hybridized carbons (Fsp3) is 0.344. The van der Waals surface area contributed by atoms with Crippen molar-refractivity contribution in [3.8, 4) is 5.75 Å². The standard InChI is InChI=1S/C32H32BrCl2N5O3/c1-6-24-23-12-9-20(33)15-27(23)40(30(41)43-31(2,3)4)29-32(24,13-14-37-38-36)25-16-21(34)17-26(35)28(25)39(29)18-19-7-10-22(42-5)11-8-19/h6-12,15-17,24,29H,1,13-14,18H2,2-5H3/t24-,29-,32-/m0/s1. The Morgan fingerprint density at radius 1 is 1.19 bits per heavy atom. The average Bonchev–Trinajstić information content (AvgIpc) is 3.20. The molecule has 3 atom stereocenters.